The predicted octanol–water partition coefficient (Wildman–Crippen LogP) is 4.99. The lowest BCUT2D eigenvalue weighted by atomic mass is 9.74. The van der Waals surface area contributed by atoms with Crippen LogP contribution in [0.3, 0.4) is 0 Å². The van der Waals surface area contributed by atoms with Crippen LogP contribution in [0, 0.1) is 0 Å². The summed E-state index contributed by atoms with van der Waals surface area (Å²) in [6.07, 6.45) is 3.42. The van der Waals surface area contributed by atoms with Crippen LogP contribution in [0.5, 0.6) is 0 Å². The molecule has 2 fully saturated rings. The Morgan fingerprint density at radius 2 is 1.67 bits per heavy atom. The Labute approximate surface area is 150 Å². The van der Waals surface area contributed by atoms with Crippen molar-refractivity contribution in [3.05, 3.63) is 71.8 Å². The minimum atomic E-state index is -0.240. The molecule has 1 spiro atoms. The van der Waals surface area contributed by atoms with Gasteiger partial charge in [-0.2, -0.15) is 5.43 Å². The van der Waals surface area contributed by atoms with E-state index in [0.29, 0.717) is 12.0 Å². The third-order valence-corrected chi connectivity index (χ3v) is 6.79. The van der Waals surface area contributed by atoms with Crippen LogP contribution in [-0.4, -0.2) is 22.7 Å². The molecule has 4 rings (SSSR count). The molecule has 24 heavy (non-hydrogen) atoms. The summed E-state index contributed by atoms with van der Waals surface area (Å²) in [6, 6.07) is 22.2. The standard InChI is InChI=1S/C21H26ClN2/c1-2-3-14-21(22)19(17-10-6-4-7-11-17)16-24(21)20(15-23-24)18-12-8-5-9-13-18/h4-13,19-20,23H,2-3,14-16H2,1H3/q+1. The lowest BCUT2D eigenvalue weighted by Gasteiger charge is -2.69. The quantitative estimate of drug-likeness (QED) is 0.459. The van der Waals surface area contributed by atoms with Crippen molar-refractivity contribution >= 4 is 11.6 Å². The van der Waals surface area contributed by atoms with E-state index in [0.717, 1.165) is 24.1 Å². The fourth-order valence-corrected chi connectivity index (χ4v) is 5.20. The van der Waals surface area contributed by atoms with Gasteiger partial charge in [-0.1, -0.05) is 85.6 Å². The van der Waals surface area contributed by atoms with Gasteiger partial charge in [0.2, 0.25) is 5.00 Å². The zero-order valence-electron chi connectivity index (χ0n) is 14.3. The second-order valence-electron chi connectivity index (χ2n) is 7.23. The minimum absolute atomic E-state index is 0.240. The molecule has 0 saturated carbocycles. The Morgan fingerprint density at radius 1 is 1.04 bits per heavy atom. The first-order valence-electron chi connectivity index (χ1n) is 9.13. The van der Waals surface area contributed by atoms with E-state index in [1.807, 2.05) is 0 Å². The average Bonchev–Trinajstić information content (AvgIpc) is 2.60. The number of quaternary nitrogens is 1. The molecule has 0 amide bonds. The third-order valence-electron chi connectivity index (χ3n) is 6.03. The van der Waals surface area contributed by atoms with Crippen molar-refractivity contribution in [3.8, 4) is 0 Å². The number of benzene rings is 2. The average molecular weight is 342 g/mol. The highest BCUT2D eigenvalue weighted by Gasteiger charge is 2.73. The highest BCUT2D eigenvalue weighted by Crippen LogP contribution is 2.61. The summed E-state index contributed by atoms with van der Waals surface area (Å²) in [5.41, 5.74) is 6.50. The molecule has 2 nitrogen and oxygen atoms in total. The van der Waals surface area contributed by atoms with Crippen LogP contribution in [0.15, 0.2) is 60.7 Å². The highest BCUT2D eigenvalue weighted by atomic mass is 35.5. The normalized spacial score (nSPS) is 34.6. The van der Waals surface area contributed by atoms with E-state index >= 15 is 0 Å². The van der Waals surface area contributed by atoms with Crippen LogP contribution in [-0.2, 0) is 0 Å². The summed E-state index contributed by atoms with van der Waals surface area (Å²) in [4.78, 5) is -0.240. The Morgan fingerprint density at radius 3 is 2.21 bits per heavy atom. The van der Waals surface area contributed by atoms with Crippen molar-refractivity contribution in [1.82, 2.24) is 5.43 Å². The van der Waals surface area contributed by atoms with E-state index in [4.69, 9.17) is 11.6 Å². The van der Waals surface area contributed by atoms with Gasteiger partial charge in [-0.05, 0) is 12.0 Å². The van der Waals surface area contributed by atoms with Crippen molar-refractivity contribution in [3.63, 3.8) is 0 Å². The van der Waals surface area contributed by atoms with Crippen LogP contribution in [0.25, 0.3) is 0 Å². The second kappa shape index (κ2) is 6.18. The molecule has 2 aliphatic heterocycles. The maximum Gasteiger partial charge on any atom is 0.204 e. The minimum Gasteiger partial charge on any atom is -0.219 e. The first kappa shape index (κ1) is 16.1. The molecule has 1 N–H and O–H groups in total. The third kappa shape index (κ3) is 2.24. The summed E-state index contributed by atoms with van der Waals surface area (Å²) in [6.45, 7) is 4.35. The second-order valence-corrected chi connectivity index (χ2v) is 7.88. The molecule has 2 saturated heterocycles. The molecule has 2 aromatic rings. The highest BCUT2D eigenvalue weighted by molar-refractivity contribution is 6.24. The Balaban J connectivity index is 1.66. The Kier molecular flexibility index (Phi) is 4.16. The first-order valence-corrected chi connectivity index (χ1v) is 9.51. The summed E-state index contributed by atoms with van der Waals surface area (Å²) in [5.74, 6) is 0.422. The summed E-state index contributed by atoms with van der Waals surface area (Å²) < 4.78 is 0.845. The number of hydrogen-bond acceptors (Lipinski definition) is 1. The van der Waals surface area contributed by atoms with Gasteiger partial charge < -0.3 is 0 Å². The van der Waals surface area contributed by atoms with E-state index in [1.165, 1.54) is 24.0 Å². The van der Waals surface area contributed by atoms with E-state index in [2.05, 4.69) is 73.0 Å². The molecule has 0 bridgehead atoms. The lowest BCUT2D eigenvalue weighted by Crippen LogP contribution is -2.88. The van der Waals surface area contributed by atoms with Crippen LogP contribution < -0.4 is 5.43 Å². The molecular weight excluding hydrogens is 316 g/mol. The topological polar surface area (TPSA) is 12.0 Å². The van der Waals surface area contributed by atoms with Gasteiger partial charge >= 0.3 is 0 Å². The van der Waals surface area contributed by atoms with Crippen molar-refractivity contribution in [2.75, 3.05) is 13.1 Å². The van der Waals surface area contributed by atoms with Gasteiger partial charge in [0, 0.05) is 12.0 Å². The maximum absolute atomic E-state index is 7.40. The smallest absolute Gasteiger partial charge is 0.204 e. The van der Waals surface area contributed by atoms with Crippen molar-refractivity contribution in [2.24, 2.45) is 0 Å². The van der Waals surface area contributed by atoms with E-state index in [1.54, 1.807) is 0 Å². The fraction of sp³-hybridized carbons (Fsp3) is 0.429. The van der Waals surface area contributed by atoms with Gasteiger partial charge in [-0.25, -0.2) is 4.59 Å². The number of rotatable bonds is 5. The molecule has 4 unspecified atom stereocenters. The van der Waals surface area contributed by atoms with Crippen molar-refractivity contribution in [2.45, 2.75) is 43.1 Å². The predicted molar refractivity (Wildman–Crippen MR) is 99.6 cm³/mol. The van der Waals surface area contributed by atoms with Gasteiger partial charge in [0.25, 0.3) is 0 Å². The summed E-state index contributed by atoms with van der Waals surface area (Å²) >= 11 is 7.40. The van der Waals surface area contributed by atoms with Gasteiger partial charge in [0.1, 0.15) is 19.0 Å². The number of unbranched alkanes of at least 4 members (excludes halogenated alkanes) is 1. The zero-order chi connectivity index (χ0) is 16.6. The zero-order valence-corrected chi connectivity index (χ0v) is 15.0. The Hall–Kier alpha value is -1.35. The molecule has 2 aromatic carbocycles. The monoisotopic (exact) mass is 341 g/mol. The van der Waals surface area contributed by atoms with Gasteiger partial charge in [-0.15, -0.1) is 0 Å². The number of alkyl halides is 1. The molecule has 4 atom stereocenters. The number of nitrogens with zero attached hydrogens (tertiary/aromatic N) is 1. The Bertz CT molecular complexity index is 689. The molecule has 2 heterocycles. The molecular formula is C21H26ClN2+. The van der Waals surface area contributed by atoms with E-state index < -0.39 is 0 Å². The molecule has 126 valence electrons. The van der Waals surface area contributed by atoms with Crippen LogP contribution in [0.1, 0.15) is 49.3 Å². The van der Waals surface area contributed by atoms with Crippen molar-refractivity contribution < 1.29 is 4.59 Å². The van der Waals surface area contributed by atoms with Gasteiger partial charge in [0.15, 0.2) is 6.04 Å². The molecule has 0 radical (unpaired) electrons. The van der Waals surface area contributed by atoms with Crippen LogP contribution in [0.2, 0.25) is 0 Å². The summed E-state index contributed by atoms with van der Waals surface area (Å²) in [7, 11) is 0. The van der Waals surface area contributed by atoms with E-state index in [-0.39, 0.29) is 5.00 Å². The SMILES string of the molecule is CCCCC1(Cl)C(c2ccccc2)C[N+]12NCC2c1ccccc1. The number of hydrogen-bond donors (Lipinski definition) is 1. The lowest BCUT2D eigenvalue weighted by molar-refractivity contribution is -1.10. The number of halogens is 1. The maximum atomic E-state index is 7.40. The van der Waals surface area contributed by atoms with E-state index in [9.17, 15) is 0 Å². The van der Waals surface area contributed by atoms with Crippen molar-refractivity contribution in [1.29, 1.82) is 0 Å². The molecule has 0 aliphatic carbocycles. The molecule has 2 aliphatic rings. The fourth-order valence-electron chi connectivity index (χ4n) is 4.62. The largest absolute Gasteiger partial charge is 0.219 e. The van der Waals surface area contributed by atoms with Gasteiger partial charge in [-0.3, -0.25) is 0 Å². The number of nitrogens with one attached hydrogen (secondary N) is 1. The first-order chi connectivity index (χ1) is 11.7. The van der Waals surface area contributed by atoms with Crippen LogP contribution >= 0.6 is 11.6 Å². The van der Waals surface area contributed by atoms with Crippen LogP contribution in [0.4, 0.5) is 0 Å². The molecule has 3 heteroatoms. The summed E-state index contributed by atoms with van der Waals surface area (Å²) in [5, 5.41) is 0. The molecule has 0 aromatic heterocycles. The van der Waals surface area contributed by atoms with Gasteiger partial charge in [0.05, 0.1) is 0 Å².